The van der Waals surface area contributed by atoms with Gasteiger partial charge in [-0.3, -0.25) is 14.4 Å². The van der Waals surface area contributed by atoms with Gasteiger partial charge in [0.2, 0.25) is 0 Å². The minimum atomic E-state index is -0.757. The van der Waals surface area contributed by atoms with Gasteiger partial charge in [-0.1, -0.05) is 214 Å². The average molecular weight is 737 g/mol. The molecule has 0 aliphatic heterocycles. The predicted octanol–water partition coefficient (Wildman–Crippen LogP) is 14.3. The number of carbonyl (C=O) groups excluding carboxylic acids is 3. The first-order chi connectivity index (χ1) is 25.4. The van der Waals surface area contributed by atoms with Gasteiger partial charge in [0.05, 0.1) is 0 Å². The van der Waals surface area contributed by atoms with E-state index in [1.807, 2.05) is 0 Å². The molecule has 0 heterocycles. The molecule has 52 heavy (non-hydrogen) atoms. The second kappa shape index (κ2) is 40.6. The lowest BCUT2D eigenvalue weighted by Crippen LogP contribution is -2.30. The SMILES string of the molecule is CCCCCCCCCCCCCC(=O)OC[C@@H](COC(=O)CCCCCCCCCCCCCCCC(C)C)OC(=O)CCCCCCCCC. The molecule has 0 aromatic heterocycles. The van der Waals surface area contributed by atoms with Crippen LogP contribution >= 0.6 is 0 Å². The number of unbranched alkanes of at least 4 members (excludes halogenated alkanes) is 28. The van der Waals surface area contributed by atoms with Crippen LogP contribution in [0.25, 0.3) is 0 Å². The molecule has 1 atom stereocenters. The number of rotatable bonds is 41. The third-order valence-corrected chi connectivity index (χ3v) is 10.3. The van der Waals surface area contributed by atoms with Crippen LogP contribution < -0.4 is 0 Å². The molecule has 0 saturated carbocycles. The van der Waals surface area contributed by atoms with Gasteiger partial charge in [-0.15, -0.1) is 0 Å². The van der Waals surface area contributed by atoms with E-state index in [0.717, 1.165) is 63.7 Å². The molecule has 6 heteroatoms. The quantitative estimate of drug-likeness (QED) is 0.0353. The summed E-state index contributed by atoms with van der Waals surface area (Å²) in [6.07, 6.45) is 39.5. The third-order valence-electron chi connectivity index (χ3n) is 10.3. The summed E-state index contributed by atoms with van der Waals surface area (Å²) in [7, 11) is 0. The van der Waals surface area contributed by atoms with Crippen molar-refractivity contribution in [3.63, 3.8) is 0 Å². The Morgan fingerprint density at radius 2 is 0.635 bits per heavy atom. The largest absolute Gasteiger partial charge is 0.462 e. The number of ether oxygens (including phenoxy) is 3. The number of hydrogen-bond acceptors (Lipinski definition) is 6. The summed E-state index contributed by atoms with van der Waals surface area (Å²) in [4.78, 5) is 37.5. The molecule has 6 nitrogen and oxygen atoms in total. The van der Waals surface area contributed by atoms with E-state index < -0.39 is 6.10 Å². The molecule has 0 N–H and O–H groups in total. The third kappa shape index (κ3) is 39.6. The molecule has 0 aromatic rings. The minimum Gasteiger partial charge on any atom is -0.462 e. The summed E-state index contributed by atoms with van der Waals surface area (Å²) in [6, 6.07) is 0. The van der Waals surface area contributed by atoms with Crippen LogP contribution in [0.4, 0.5) is 0 Å². The molecule has 0 spiro atoms. The smallest absolute Gasteiger partial charge is 0.306 e. The Balaban J connectivity index is 4.20. The Morgan fingerprint density at radius 3 is 0.942 bits per heavy atom. The summed E-state index contributed by atoms with van der Waals surface area (Å²) in [5.74, 6) is -0.0209. The first-order valence-corrected chi connectivity index (χ1v) is 22.9. The topological polar surface area (TPSA) is 78.9 Å². The highest BCUT2D eigenvalue weighted by atomic mass is 16.6. The molecule has 0 unspecified atom stereocenters. The molecular weight excluding hydrogens is 649 g/mol. The van der Waals surface area contributed by atoms with E-state index in [4.69, 9.17) is 14.2 Å². The molecular formula is C46H88O6. The van der Waals surface area contributed by atoms with Crippen molar-refractivity contribution >= 4 is 17.9 Å². The van der Waals surface area contributed by atoms with E-state index in [1.165, 1.54) is 148 Å². The Labute approximate surface area is 323 Å². The average Bonchev–Trinajstić information content (AvgIpc) is 3.12. The molecule has 0 saturated heterocycles. The fourth-order valence-corrected chi connectivity index (χ4v) is 6.80. The molecule has 0 amide bonds. The van der Waals surface area contributed by atoms with Crippen LogP contribution in [0.3, 0.4) is 0 Å². The van der Waals surface area contributed by atoms with Gasteiger partial charge in [-0.25, -0.2) is 0 Å². The standard InChI is InChI=1S/C46H88O6/c1-5-7-9-11-13-14-18-22-26-29-33-37-44(47)50-40-43(52-46(49)39-35-31-24-12-10-8-6-2)41-51-45(48)38-34-30-27-23-20-17-15-16-19-21-25-28-32-36-42(3)4/h42-43H,5-41H2,1-4H3/t43-/m0/s1. The summed E-state index contributed by atoms with van der Waals surface area (Å²) >= 11 is 0. The molecule has 308 valence electrons. The Hall–Kier alpha value is -1.59. The molecule has 0 aliphatic carbocycles. The van der Waals surface area contributed by atoms with Gasteiger partial charge < -0.3 is 14.2 Å². The lowest BCUT2D eigenvalue weighted by atomic mass is 10.0. The maximum atomic E-state index is 12.6. The molecule has 0 rings (SSSR count). The van der Waals surface area contributed by atoms with Crippen LogP contribution in [-0.2, 0) is 28.6 Å². The van der Waals surface area contributed by atoms with Crippen LogP contribution in [0.5, 0.6) is 0 Å². The van der Waals surface area contributed by atoms with Gasteiger partial charge in [-0.05, 0) is 25.2 Å². The fourth-order valence-electron chi connectivity index (χ4n) is 6.80. The summed E-state index contributed by atoms with van der Waals surface area (Å²) in [5.41, 5.74) is 0. The van der Waals surface area contributed by atoms with E-state index in [2.05, 4.69) is 27.7 Å². The Morgan fingerprint density at radius 1 is 0.365 bits per heavy atom. The van der Waals surface area contributed by atoms with Crippen molar-refractivity contribution in [2.75, 3.05) is 13.2 Å². The van der Waals surface area contributed by atoms with E-state index in [1.54, 1.807) is 0 Å². The first kappa shape index (κ1) is 50.4. The van der Waals surface area contributed by atoms with Crippen LogP contribution in [0.2, 0.25) is 0 Å². The van der Waals surface area contributed by atoms with E-state index in [-0.39, 0.29) is 31.1 Å². The van der Waals surface area contributed by atoms with E-state index in [9.17, 15) is 14.4 Å². The molecule has 0 bridgehead atoms. The molecule has 0 aromatic carbocycles. The first-order valence-electron chi connectivity index (χ1n) is 22.9. The lowest BCUT2D eigenvalue weighted by molar-refractivity contribution is -0.167. The number of carbonyl (C=O) groups is 3. The highest BCUT2D eigenvalue weighted by Gasteiger charge is 2.19. The van der Waals surface area contributed by atoms with Gasteiger partial charge in [0.1, 0.15) is 13.2 Å². The number of hydrogen-bond donors (Lipinski definition) is 0. The second-order valence-electron chi connectivity index (χ2n) is 16.2. The summed E-state index contributed by atoms with van der Waals surface area (Å²) in [6.45, 7) is 8.96. The van der Waals surface area contributed by atoms with Crippen molar-refractivity contribution in [3.05, 3.63) is 0 Å². The Bertz CT molecular complexity index is 781. The summed E-state index contributed by atoms with van der Waals surface area (Å²) in [5, 5.41) is 0. The zero-order chi connectivity index (χ0) is 38.2. The lowest BCUT2D eigenvalue weighted by Gasteiger charge is -2.18. The fraction of sp³-hybridized carbons (Fsp3) is 0.935. The van der Waals surface area contributed by atoms with Crippen molar-refractivity contribution in [2.24, 2.45) is 5.92 Å². The Kier molecular flexibility index (Phi) is 39.4. The molecule has 0 radical (unpaired) electrons. The van der Waals surface area contributed by atoms with Crippen LogP contribution in [0.1, 0.15) is 252 Å². The zero-order valence-electron chi connectivity index (χ0n) is 35.3. The molecule has 0 fully saturated rings. The van der Waals surface area contributed by atoms with Gasteiger partial charge >= 0.3 is 17.9 Å². The predicted molar refractivity (Wildman–Crippen MR) is 220 cm³/mol. The van der Waals surface area contributed by atoms with Gasteiger partial charge in [-0.2, -0.15) is 0 Å². The maximum Gasteiger partial charge on any atom is 0.306 e. The number of esters is 3. The van der Waals surface area contributed by atoms with Gasteiger partial charge in [0.25, 0.3) is 0 Å². The van der Waals surface area contributed by atoms with Crippen molar-refractivity contribution < 1.29 is 28.6 Å². The monoisotopic (exact) mass is 737 g/mol. The van der Waals surface area contributed by atoms with Crippen molar-refractivity contribution in [1.82, 2.24) is 0 Å². The minimum absolute atomic E-state index is 0.0642. The van der Waals surface area contributed by atoms with Crippen molar-refractivity contribution in [3.8, 4) is 0 Å². The summed E-state index contributed by atoms with van der Waals surface area (Å²) < 4.78 is 16.7. The highest BCUT2D eigenvalue weighted by Crippen LogP contribution is 2.16. The molecule has 0 aliphatic rings. The van der Waals surface area contributed by atoms with Crippen LogP contribution in [0.15, 0.2) is 0 Å². The van der Waals surface area contributed by atoms with E-state index >= 15 is 0 Å². The van der Waals surface area contributed by atoms with Crippen LogP contribution in [-0.4, -0.2) is 37.2 Å². The normalized spacial score (nSPS) is 11.9. The second-order valence-corrected chi connectivity index (χ2v) is 16.2. The van der Waals surface area contributed by atoms with Crippen LogP contribution in [0, 0.1) is 5.92 Å². The van der Waals surface area contributed by atoms with Crippen molar-refractivity contribution in [1.29, 1.82) is 0 Å². The highest BCUT2D eigenvalue weighted by molar-refractivity contribution is 5.71. The van der Waals surface area contributed by atoms with E-state index in [0.29, 0.717) is 19.3 Å². The maximum absolute atomic E-state index is 12.6. The van der Waals surface area contributed by atoms with Crippen molar-refractivity contribution in [2.45, 2.75) is 259 Å². The van der Waals surface area contributed by atoms with Gasteiger partial charge in [0, 0.05) is 19.3 Å². The van der Waals surface area contributed by atoms with Gasteiger partial charge in [0.15, 0.2) is 6.10 Å². The zero-order valence-corrected chi connectivity index (χ0v) is 35.3.